The maximum atomic E-state index is 11.7. The van der Waals surface area contributed by atoms with Crippen molar-refractivity contribution in [3.8, 4) is 0 Å². The van der Waals surface area contributed by atoms with Crippen molar-refractivity contribution in [3.05, 3.63) is 0 Å². The van der Waals surface area contributed by atoms with Crippen LogP contribution in [-0.4, -0.2) is 23.6 Å². The monoisotopic (exact) mass is 230 g/mol. The Kier molecular flexibility index (Phi) is 5.48. The number of hydrogen-bond donors (Lipinski definition) is 0. The van der Waals surface area contributed by atoms with E-state index in [1.807, 2.05) is 20.8 Å². The third-order valence-electron chi connectivity index (χ3n) is 2.38. The SMILES string of the molecule is CCC(=O)OC(C)(C)C(=O)OC(C)C(C)C. The van der Waals surface area contributed by atoms with Crippen LogP contribution in [0.4, 0.5) is 0 Å². The van der Waals surface area contributed by atoms with E-state index in [2.05, 4.69) is 0 Å². The van der Waals surface area contributed by atoms with Gasteiger partial charge < -0.3 is 9.47 Å². The van der Waals surface area contributed by atoms with Gasteiger partial charge in [0, 0.05) is 6.42 Å². The first kappa shape index (κ1) is 14.9. The van der Waals surface area contributed by atoms with Gasteiger partial charge in [-0.2, -0.15) is 0 Å². The summed E-state index contributed by atoms with van der Waals surface area (Å²) in [5, 5.41) is 0. The summed E-state index contributed by atoms with van der Waals surface area (Å²) in [5.41, 5.74) is -1.21. The zero-order valence-electron chi connectivity index (χ0n) is 11.0. The molecule has 1 atom stereocenters. The number of hydrogen-bond acceptors (Lipinski definition) is 4. The molecule has 1 unspecified atom stereocenters. The Bertz CT molecular complexity index is 256. The largest absolute Gasteiger partial charge is 0.459 e. The average Bonchev–Trinajstić information content (AvgIpc) is 2.16. The Morgan fingerprint density at radius 3 is 2.06 bits per heavy atom. The molecule has 0 aliphatic heterocycles. The molecule has 4 nitrogen and oxygen atoms in total. The van der Waals surface area contributed by atoms with Crippen molar-refractivity contribution in [1.82, 2.24) is 0 Å². The topological polar surface area (TPSA) is 52.6 Å². The summed E-state index contributed by atoms with van der Waals surface area (Å²) in [5.74, 6) is -0.670. The van der Waals surface area contributed by atoms with Crippen molar-refractivity contribution < 1.29 is 19.1 Å². The Balaban J connectivity index is 4.40. The lowest BCUT2D eigenvalue weighted by Crippen LogP contribution is -2.40. The van der Waals surface area contributed by atoms with E-state index in [9.17, 15) is 9.59 Å². The molecule has 0 aromatic heterocycles. The maximum absolute atomic E-state index is 11.7. The summed E-state index contributed by atoms with van der Waals surface area (Å²) in [7, 11) is 0. The lowest BCUT2D eigenvalue weighted by Gasteiger charge is -2.26. The van der Waals surface area contributed by atoms with Crippen LogP contribution in [0.2, 0.25) is 0 Å². The van der Waals surface area contributed by atoms with Crippen molar-refractivity contribution in [1.29, 1.82) is 0 Å². The second-order valence-corrected chi connectivity index (χ2v) is 4.69. The molecule has 0 aliphatic carbocycles. The highest BCUT2D eigenvalue weighted by Gasteiger charge is 2.34. The summed E-state index contributed by atoms with van der Waals surface area (Å²) in [4.78, 5) is 22.9. The van der Waals surface area contributed by atoms with Crippen molar-refractivity contribution >= 4 is 11.9 Å². The first-order valence-electron chi connectivity index (χ1n) is 5.63. The number of esters is 2. The van der Waals surface area contributed by atoms with Gasteiger partial charge in [0.2, 0.25) is 5.60 Å². The zero-order valence-corrected chi connectivity index (χ0v) is 11.0. The molecular weight excluding hydrogens is 208 g/mol. The van der Waals surface area contributed by atoms with Crippen LogP contribution in [-0.2, 0) is 19.1 Å². The number of carbonyl (C=O) groups excluding carboxylic acids is 2. The van der Waals surface area contributed by atoms with Crippen molar-refractivity contribution in [2.45, 2.75) is 59.7 Å². The van der Waals surface area contributed by atoms with Gasteiger partial charge in [0.25, 0.3) is 0 Å². The summed E-state index contributed by atoms with van der Waals surface area (Å²) < 4.78 is 10.2. The summed E-state index contributed by atoms with van der Waals surface area (Å²) >= 11 is 0. The quantitative estimate of drug-likeness (QED) is 0.680. The molecule has 0 N–H and O–H groups in total. The van der Waals surface area contributed by atoms with Gasteiger partial charge in [0.1, 0.15) is 6.10 Å². The van der Waals surface area contributed by atoms with E-state index < -0.39 is 17.5 Å². The highest BCUT2D eigenvalue weighted by molar-refractivity contribution is 5.82. The molecule has 0 rings (SSSR count). The Morgan fingerprint density at radius 2 is 1.69 bits per heavy atom. The third kappa shape index (κ3) is 4.64. The minimum absolute atomic E-state index is 0.188. The number of ether oxygens (including phenoxy) is 2. The maximum Gasteiger partial charge on any atom is 0.350 e. The third-order valence-corrected chi connectivity index (χ3v) is 2.38. The van der Waals surface area contributed by atoms with Gasteiger partial charge in [-0.1, -0.05) is 20.8 Å². The zero-order chi connectivity index (χ0) is 12.9. The highest BCUT2D eigenvalue weighted by Crippen LogP contribution is 2.16. The summed E-state index contributed by atoms with van der Waals surface area (Å²) in [6.45, 7) is 10.5. The van der Waals surface area contributed by atoms with Crippen LogP contribution in [0.5, 0.6) is 0 Å². The second-order valence-electron chi connectivity index (χ2n) is 4.69. The van der Waals surface area contributed by atoms with Crippen LogP contribution in [0.3, 0.4) is 0 Å². The average molecular weight is 230 g/mol. The molecule has 94 valence electrons. The predicted octanol–water partition coefficient (Wildman–Crippen LogP) is 2.31. The molecule has 0 spiro atoms. The lowest BCUT2D eigenvalue weighted by molar-refractivity contribution is -0.182. The van der Waals surface area contributed by atoms with E-state index in [-0.39, 0.29) is 18.4 Å². The number of rotatable bonds is 5. The van der Waals surface area contributed by atoms with E-state index in [0.29, 0.717) is 0 Å². The van der Waals surface area contributed by atoms with Gasteiger partial charge >= 0.3 is 11.9 Å². The molecule has 0 aliphatic rings. The Hall–Kier alpha value is -1.06. The molecule has 0 amide bonds. The van der Waals surface area contributed by atoms with Gasteiger partial charge in [0.15, 0.2) is 0 Å². The van der Waals surface area contributed by atoms with Gasteiger partial charge in [0.05, 0.1) is 0 Å². The molecule has 0 aromatic rings. The fraction of sp³-hybridized carbons (Fsp3) is 0.833. The van der Waals surface area contributed by atoms with E-state index in [1.54, 1.807) is 6.92 Å². The van der Waals surface area contributed by atoms with Gasteiger partial charge in [-0.05, 0) is 26.7 Å². The van der Waals surface area contributed by atoms with Crippen LogP contribution in [0.15, 0.2) is 0 Å². The van der Waals surface area contributed by atoms with Gasteiger partial charge in [-0.3, -0.25) is 4.79 Å². The standard InChI is InChI=1S/C12H22O4/c1-7-10(13)16-12(5,6)11(14)15-9(4)8(2)3/h8-9H,7H2,1-6H3. The molecule has 0 fully saturated rings. The van der Waals surface area contributed by atoms with Crippen LogP contribution in [0.25, 0.3) is 0 Å². The molecular formula is C12H22O4. The van der Waals surface area contributed by atoms with E-state index in [4.69, 9.17) is 9.47 Å². The van der Waals surface area contributed by atoms with Crippen molar-refractivity contribution in [2.75, 3.05) is 0 Å². The van der Waals surface area contributed by atoms with E-state index in [0.717, 1.165) is 0 Å². The van der Waals surface area contributed by atoms with Crippen molar-refractivity contribution in [2.24, 2.45) is 5.92 Å². The van der Waals surface area contributed by atoms with Crippen LogP contribution >= 0.6 is 0 Å². The van der Waals surface area contributed by atoms with Crippen LogP contribution in [0, 0.1) is 5.92 Å². The first-order valence-corrected chi connectivity index (χ1v) is 5.63. The van der Waals surface area contributed by atoms with E-state index in [1.165, 1.54) is 13.8 Å². The second kappa shape index (κ2) is 5.87. The molecule has 0 saturated heterocycles. The molecule has 0 radical (unpaired) electrons. The van der Waals surface area contributed by atoms with Gasteiger partial charge in [-0.25, -0.2) is 4.79 Å². The fourth-order valence-electron chi connectivity index (χ4n) is 0.845. The molecule has 0 heterocycles. The number of carbonyl (C=O) groups is 2. The normalized spacial score (nSPS) is 13.4. The molecule has 0 aromatic carbocycles. The summed E-state index contributed by atoms with van der Waals surface area (Å²) in [6, 6.07) is 0. The summed E-state index contributed by atoms with van der Waals surface area (Å²) in [6.07, 6.45) is 0.0586. The lowest BCUT2D eigenvalue weighted by atomic mass is 10.1. The smallest absolute Gasteiger partial charge is 0.350 e. The molecule has 0 saturated carbocycles. The van der Waals surface area contributed by atoms with Crippen LogP contribution < -0.4 is 0 Å². The first-order chi connectivity index (χ1) is 7.20. The van der Waals surface area contributed by atoms with Crippen LogP contribution in [0.1, 0.15) is 48.0 Å². The van der Waals surface area contributed by atoms with Crippen molar-refractivity contribution in [3.63, 3.8) is 0 Å². The highest BCUT2D eigenvalue weighted by atomic mass is 16.6. The molecule has 16 heavy (non-hydrogen) atoms. The van der Waals surface area contributed by atoms with E-state index >= 15 is 0 Å². The molecule has 0 bridgehead atoms. The predicted molar refractivity (Wildman–Crippen MR) is 60.9 cm³/mol. The minimum atomic E-state index is -1.21. The molecule has 4 heteroatoms. The minimum Gasteiger partial charge on any atom is -0.459 e. The Morgan fingerprint density at radius 1 is 1.19 bits per heavy atom. The Labute approximate surface area is 97.3 Å². The fourth-order valence-corrected chi connectivity index (χ4v) is 0.845. The van der Waals surface area contributed by atoms with Gasteiger partial charge in [-0.15, -0.1) is 0 Å².